The van der Waals surface area contributed by atoms with Crippen molar-refractivity contribution in [3.05, 3.63) is 35.4 Å². The van der Waals surface area contributed by atoms with Gasteiger partial charge in [0.2, 0.25) is 0 Å². The number of aliphatic imine (C=N–C) groups is 1. The van der Waals surface area contributed by atoms with Crippen LogP contribution < -0.4 is 5.32 Å². The molecule has 0 atom stereocenters. The molecule has 4 heteroatoms. The fourth-order valence-electron chi connectivity index (χ4n) is 2.03. The number of hydrogen-bond acceptors (Lipinski definition) is 2. The third-order valence-corrected chi connectivity index (χ3v) is 3.74. The van der Waals surface area contributed by atoms with Crippen molar-refractivity contribution in [3.8, 4) is 0 Å². The zero-order valence-corrected chi connectivity index (χ0v) is 14.3. The zero-order valence-electron chi connectivity index (χ0n) is 14.3. The Morgan fingerprint density at radius 2 is 1.81 bits per heavy atom. The molecule has 0 aliphatic carbocycles. The second-order valence-electron chi connectivity index (χ2n) is 5.89. The van der Waals surface area contributed by atoms with Crippen LogP contribution in [-0.4, -0.2) is 56.0 Å². The predicted molar refractivity (Wildman–Crippen MR) is 91.8 cm³/mol. The minimum Gasteiger partial charge on any atom is -0.355 e. The molecule has 1 N–H and O–H groups in total. The Morgan fingerprint density at radius 3 is 2.33 bits per heavy atom. The Morgan fingerprint density at radius 1 is 1.19 bits per heavy atom. The van der Waals surface area contributed by atoms with Crippen LogP contribution in [-0.2, 0) is 6.54 Å². The maximum atomic E-state index is 4.36. The summed E-state index contributed by atoms with van der Waals surface area (Å²) in [5.41, 5.74) is 2.59. The Hall–Kier alpha value is -1.55. The number of likely N-dealkylation sites (N-methyl/N-ethyl adjacent to an activating group) is 1. The minimum atomic E-state index is 0.569. The number of benzene rings is 1. The molecular formula is C17H30N4. The van der Waals surface area contributed by atoms with Crippen LogP contribution in [0.25, 0.3) is 0 Å². The van der Waals surface area contributed by atoms with Gasteiger partial charge in [0.25, 0.3) is 0 Å². The van der Waals surface area contributed by atoms with Gasteiger partial charge in [-0.1, -0.05) is 29.8 Å². The lowest BCUT2D eigenvalue weighted by atomic mass is 10.1. The fourth-order valence-corrected chi connectivity index (χ4v) is 2.03. The second kappa shape index (κ2) is 8.67. The van der Waals surface area contributed by atoms with E-state index >= 15 is 0 Å². The van der Waals surface area contributed by atoms with E-state index < -0.39 is 0 Å². The van der Waals surface area contributed by atoms with Crippen molar-refractivity contribution in [1.82, 2.24) is 15.1 Å². The molecule has 0 fully saturated rings. The molecule has 0 radical (unpaired) electrons. The largest absolute Gasteiger partial charge is 0.355 e. The maximum absolute atomic E-state index is 4.36. The minimum absolute atomic E-state index is 0.569. The van der Waals surface area contributed by atoms with E-state index in [1.165, 1.54) is 11.1 Å². The van der Waals surface area contributed by atoms with Crippen molar-refractivity contribution >= 4 is 5.96 Å². The highest BCUT2D eigenvalue weighted by Gasteiger charge is 2.07. The molecule has 0 aromatic heterocycles. The van der Waals surface area contributed by atoms with Gasteiger partial charge in [-0.3, -0.25) is 4.99 Å². The highest BCUT2D eigenvalue weighted by atomic mass is 15.3. The molecule has 0 aliphatic rings. The van der Waals surface area contributed by atoms with Gasteiger partial charge in [-0.15, -0.1) is 0 Å². The number of hydrogen-bond donors (Lipinski definition) is 1. The van der Waals surface area contributed by atoms with Crippen LogP contribution in [0.5, 0.6) is 0 Å². The van der Waals surface area contributed by atoms with E-state index in [-0.39, 0.29) is 0 Å². The number of guanidine groups is 1. The van der Waals surface area contributed by atoms with Gasteiger partial charge >= 0.3 is 0 Å². The standard InChI is InChI=1S/C17H30N4/c1-14(2)20(5)12-11-19-17(18-4)21(6)13-16-9-7-15(3)8-10-16/h7-10,14H,11-13H2,1-6H3,(H,18,19). The summed E-state index contributed by atoms with van der Waals surface area (Å²) in [5, 5.41) is 3.42. The normalized spacial score (nSPS) is 12.1. The van der Waals surface area contributed by atoms with Crippen LogP contribution in [0, 0.1) is 6.92 Å². The molecule has 0 amide bonds. The molecule has 0 aliphatic heterocycles. The highest BCUT2D eigenvalue weighted by Crippen LogP contribution is 2.06. The molecule has 0 unspecified atom stereocenters. The van der Waals surface area contributed by atoms with Gasteiger partial charge in [0, 0.05) is 39.8 Å². The first-order chi connectivity index (χ1) is 9.93. The number of rotatable bonds is 6. The van der Waals surface area contributed by atoms with E-state index in [2.05, 4.69) is 79.2 Å². The summed E-state index contributed by atoms with van der Waals surface area (Å²) in [6, 6.07) is 9.21. The summed E-state index contributed by atoms with van der Waals surface area (Å²) in [4.78, 5) is 8.83. The van der Waals surface area contributed by atoms with Crippen LogP contribution >= 0.6 is 0 Å². The SMILES string of the molecule is CN=C(NCCN(C)C(C)C)N(C)Cc1ccc(C)cc1. The van der Waals surface area contributed by atoms with Crippen molar-refractivity contribution in [3.63, 3.8) is 0 Å². The predicted octanol–water partition coefficient (Wildman–Crippen LogP) is 2.34. The lowest BCUT2D eigenvalue weighted by Gasteiger charge is -2.25. The molecule has 1 aromatic carbocycles. The van der Waals surface area contributed by atoms with E-state index in [4.69, 9.17) is 0 Å². The van der Waals surface area contributed by atoms with E-state index in [0.29, 0.717) is 6.04 Å². The Balaban J connectivity index is 2.46. The maximum Gasteiger partial charge on any atom is 0.193 e. The lowest BCUT2D eigenvalue weighted by Crippen LogP contribution is -2.42. The Bertz CT molecular complexity index is 437. The van der Waals surface area contributed by atoms with E-state index in [9.17, 15) is 0 Å². The van der Waals surface area contributed by atoms with Gasteiger partial charge in [-0.05, 0) is 33.4 Å². The summed E-state index contributed by atoms with van der Waals surface area (Å²) < 4.78 is 0. The van der Waals surface area contributed by atoms with Gasteiger partial charge in [-0.25, -0.2) is 0 Å². The van der Waals surface area contributed by atoms with Crippen molar-refractivity contribution in [2.75, 3.05) is 34.2 Å². The molecule has 1 aromatic rings. The van der Waals surface area contributed by atoms with Gasteiger partial charge < -0.3 is 15.1 Å². The summed E-state index contributed by atoms with van der Waals surface area (Å²) in [5.74, 6) is 0.938. The van der Waals surface area contributed by atoms with E-state index in [1.807, 2.05) is 7.05 Å². The summed E-state index contributed by atoms with van der Waals surface area (Å²) in [7, 11) is 6.05. The number of nitrogens with one attached hydrogen (secondary N) is 1. The lowest BCUT2D eigenvalue weighted by molar-refractivity contribution is 0.277. The van der Waals surface area contributed by atoms with E-state index in [1.54, 1.807) is 0 Å². The highest BCUT2D eigenvalue weighted by molar-refractivity contribution is 5.79. The molecule has 118 valence electrons. The molecule has 0 heterocycles. The second-order valence-corrected chi connectivity index (χ2v) is 5.89. The summed E-state index contributed by atoms with van der Waals surface area (Å²) in [6.45, 7) is 9.30. The van der Waals surface area contributed by atoms with E-state index in [0.717, 1.165) is 25.6 Å². The fraction of sp³-hybridized carbons (Fsp3) is 0.588. The molecule has 21 heavy (non-hydrogen) atoms. The first-order valence-electron chi connectivity index (χ1n) is 7.61. The Labute approximate surface area is 129 Å². The van der Waals surface area contributed by atoms with Crippen LogP contribution in [0.2, 0.25) is 0 Å². The molecule has 4 nitrogen and oxygen atoms in total. The van der Waals surface area contributed by atoms with Gasteiger partial charge in [-0.2, -0.15) is 0 Å². The van der Waals surface area contributed by atoms with Crippen molar-refractivity contribution in [1.29, 1.82) is 0 Å². The summed E-state index contributed by atoms with van der Waals surface area (Å²) >= 11 is 0. The number of aryl methyl sites for hydroxylation is 1. The third kappa shape index (κ3) is 6.17. The molecule has 0 saturated carbocycles. The quantitative estimate of drug-likeness (QED) is 0.644. The molecule has 0 spiro atoms. The molecule has 1 rings (SSSR count). The van der Waals surface area contributed by atoms with Crippen LogP contribution in [0.15, 0.2) is 29.3 Å². The Kier molecular flexibility index (Phi) is 7.23. The monoisotopic (exact) mass is 290 g/mol. The van der Waals surface area contributed by atoms with Crippen LogP contribution in [0.1, 0.15) is 25.0 Å². The van der Waals surface area contributed by atoms with Gasteiger partial charge in [0.05, 0.1) is 0 Å². The first-order valence-corrected chi connectivity index (χ1v) is 7.61. The smallest absolute Gasteiger partial charge is 0.193 e. The molecule has 0 saturated heterocycles. The van der Waals surface area contributed by atoms with Crippen LogP contribution in [0.3, 0.4) is 0 Å². The van der Waals surface area contributed by atoms with Crippen LogP contribution in [0.4, 0.5) is 0 Å². The van der Waals surface area contributed by atoms with Crippen molar-refractivity contribution in [2.45, 2.75) is 33.4 Å². The average molecular weight is 290 g/mol. The van der Waals surface area contributed by atoms with Gasteiger partial charge in [0.1, 0.15) is 0 Å². The molecular weight excluding hydrogens is 260 g/mol. The van der Waals surface area contributed by atoms with Crippen molar-refractivity contribution < 1.29 is 0 Å². The summed E-state index contributed by atoms with van der Waals surface area (Å²) in [6.07, 6.45) is 0. The molecule has 0 bridgehead atoms. The third-order valence-electron chi connectivity index (χ3n) is 3.74. The topological polar surface area (TPSA) is 30.9 Å². The van der Waals surface area contributed by atoms with Gasteiger partial charge in [0.15, 0.2) is 5.96 Å². The average Bonchev–Trinajstić information content (AvgIpc) is 2.45. The number of nitrogens with zero attached hydrogens (tertiary/aromatic N) is 3. The van der Waals surface area contributed by atoms with Crippen molar-refractivity contribution in [2.24, 2.45) is 4.99 Å². The first kappa shape index (κ1) is 17.5. The zero-order chi connectivity index (χ0) is 15.8.